The topological polar surface area (TPSA) is 69.3 Å². The number of nitrogens with one attached hydrogen (secondary N) is 1. The summed E-state index contributed by atoms with van der Waals surface area (Å²) in [5.74, 6) is 0.184. The highest BCUT2D eigenvalue weighted by molar-refractivity contribution is 6.18. The van der Waals surface area contributed by atoms with Crippen molar-refractivity contribution < 1.29 is 5.11 Å². The standard InChI is InChI=1S/C35H42N4O/c1-11-22-23(12-2)27-18-30-33(35(8,9)10)20(4)25(38-30)16-28-31(40)14-13-21(36-28)15-24-19(3)32(34(5,6)7)29(37-24)17-26(22)39-27/h13-18,36,40H,11-12H2,1-10H3. The lowest BCUT2D eigenvalue weighted by atomic mass is 9.81. The molecule has 0 radical (unpaired) electrons. The van der Waals surface area contributed by atoms with Gasteiger partial charge in [0.15, 0.2) is 0 Å². The lowest BCUT2D eigenvalue weighted by Gasteiger charge is -2.23. The summed E-state index contributed by atoms with van der Waals surface area (Å²) in [6.45, 7) is 22.1. The lowest BCUT2D eigenvalue weighted by Crippen LogP contribution is -2.17. The molecule has 0 amide bonds. The zero-order valence-electron chi connectivity index (χ0n) is 25.7. The van der Waals surface area contributed by atoms with Gasteiger partial charge in [-0.3, -0.25) is 0 Å². The van der Waals surface area contributed by atoms with Gasteiger partial charge in [-0.2, -0.15) is 0 Å². The highest BCUT2D eigenvalue weighted by Gasteiger charge is 2.33. The molecule has 0 unspecified atom stereocenters. The van der Waals surface area contributed by atoms with Crippen molar-refractivity contribution in [2.45, 2.75) is 82.1 Å². The van der Waals surface area contributed by atoms with Crippen LogP contribution in [0.15, 0.2) is 119 Å². The maximum absolute atomic E-state index is 10.8. The van der Waals surface area contributed by atoms with E-state index >= 15 is 0 Å². The van der Waals surface area contributed by atoms with E-state index in [0.717, 1.165) is 63.9 Å². The van der Waals surface area contributed by atoms with Gasteiger partial charge in [0, 0.05) is 5.70 Å². The van der Waals surface area contributed by atoms with E-state index in [1.54, 1.807) is 6.08 Å². The zero-order chi connectivity index (χ0) is 29.1. The number of nitrogens with zero attached hydrogens (tertiary/aromatic N) is 3. The Hall–Kier alpha value is -3.73. The van der Waals surface area contributed by atoms with E-state index in [2.05, 4.69) is 92.8 Å². The number of aliphatic hydroxyl groups excluding tert-OH is 1. The minimum Gasteiger partial charge on any atom is -0.506 e. The minimum absolute atomic E-state index is 0.0918. The first-order chi connectivity index (χ1) is 18.7. The van der Waals surface area contributed by atoms with E-state index in [0.29, 0.717) is 5.70 Å². The molecule has 208 valence electrons. The van der Waals surface area contributed by atoms with Gasteiger partial charge in [-0.25, -0.2) is 15.0 Å². The molecule has 0 spiro atoms. The maximum Gasteiger partial charge on any atom is 0.139 e. The normalized spacial score (nSPS) is 21.3. The molecule has 40 heavy (non-hydrogen) atoms. The molecule has 0 saturated carbocycles. The lowest BCUT2D eigenvalue weighted by molar-refractivity contribution is 0.421. The van der Waals surface area contributed by atoms with E-state index in [4.69, 9.17) is 15.0 Å². The number of hydrogen-bond acceptors (Lipinski definition) is 5. The molecule has 0 atom stereocenters. The summed E-state index contributed by atoms with van der Waals surface area (Å²) in [4.78, 5) is 15.5. The summed E-state index contributed by atoms with van der Waals surface area (Å²) in [6.07, 6.45) is 13.8. The van der Waals surface area contributed by atoms with E-state index in [1.165, 1.54) is 22.3 Å². The van der Waals surface area contributed by atoms with Crippen LogP contribution in [-0.2, 0) is 0 Å². The van der Waals surface area contributed by atoms with Crippen molar-refractivity contribution in [3.63, 3.8) is 0 Å². The fourth-order valence-corrected chi connectivity index (χ4v) is 6.42. The number of hydrogen-bond donors (Lipinski definition) is 2. The van der Waals surface area contributed by atoms with Crippen molar-refractivity contribution in [2.24, 2.45) is 25.8 Å². The summed E-state index contributed by atoms with van der Waals surface area (Å²) in [7, 11) is 0. The minimum atomic E-state index is -0.116. The van der Waals surface area contributed by atoms with Crippen LogP contribution in [-0.4, -0.2) is 22.2 Å². The van der Waals surface area contributed by atoms with Gasteiger partial charge in [-0.1, -0.05) is 55.4 Å². The Morgan fingerprint density at radius 2 is 1.25 bits per heavy atom. The quantitative estimate of drug-likeness (QED) is 0.372. The summed E-state index contributed by atoms with van der Waals surface area (Å²) >= 11 is 0. The second kappa shape index (κ2) is 9.72. The smallest absolute Gasteiger partial charge is 0.139 e. The number of fused-ring (bicyclic) bond motifs is 5. The first-order valence-corrected chi connectivity index (χ1v) is 14.4. The predicted octanol–water partition coefficient (Wildman–Crippen LogP) is 8.67. The van der Waals surface area contributed by atoms with Crippen molar-refractivity contribution in [1.29, 1.82) is 0 Å². The highest BCUT2D eigenvalue weighted by atomic mass is 16.3. The zero-order valence-corrected chi connectivity index (χ0v) is 25.7. The molecule has 0 saturated heterocycles. The van der Waals surface area contributed by atoms with Crippen molar-refractivity contribution in [2.75, 3.05) is 0 Å². The van der Waals surface area contributed by atoms with Crippen molar-refractivity contribution in [3.8, 4) is 0 Å². The summed E-state index contributed by atoms with van der Waals surface area (Å²) in [5, 5.41) is 14.2. The third kappa shape index (κ3) is 4.76. The highest BCUT2D eigenvalue weighted by Crippen LogP contribution is 2.42. The molecular weight excluding hydrogens is 492 g/mol. The van der Waals surface area contributed by atoms with Gasteiger partial charge in [0.25, 0.3) is 0 Å². The molecule has 8 bridgehead atoms. The Kier molecular flexibility index (Phi) is 6.76. The second-order valence-electron chi connectivity index (χ2n) is 13.1. The molecule has 2 N–H and O–H groups in total. The van der Waals surface area contributed by atoms with Gasteiger partial charge in [-0.15, -0.1) is 0 Å². The summed E-state index contributed by atoms with van der Waals surface area (Å²) < 4.78 is 0. The van der Waals surface area contributed by atoms with Crippen LogP contribution in [0, 0.1) is 10.8 Å². The van der Waals surface area contributed by atoms with E-state index < -0.39 is 0 Å². The molecule has 0 aromatic carbocycles. The van der Waals surface area contributed by atoms with Crippen molar-refractivity contribution in [3.05, 3.63) is 104 Å². The number of aliphatic imine (C=N–C) groups is 3. The molecule has 0 aromatic rings. The van der Waals surface area contributed by atoms with E-state index in [9.17, 15) is 5.11 Å². The Balaban J connectivity index is 1.83. The second-order valence-corrected chi connectivity index (χ2v) is 13.1. The average Bonchev–Trinajstić information content (AvgIpc) is 3.45. The molecule has 5 heterocycles. The number of allylic oxidation sites excluding steroid dienone is 12. The van der Waals surface area contributed by atoms with Gasteiger partial charge in [-0.05, 0) is 107 Å². The molecule has 5 aliphatic heterocycles. The molecule has 5 heteroatoms. The maximum atomic E-state index is 10.8. The van der Waals surface area contributed by atoms with Crippen molar-refractivity contribution >= 4 is 17.1 Å². The van der Waals surface area contributed by atoms with Gasteiger partial charge in [0.2, 0.25) is 0 Å². The van der Waals surface area contributed by atoms with Gasteiger partial charge >= 0.3 is 0 Å². The number of dihydropyridines is 1. The third-order valence-electron chi connectivity index (χ3n) is 8.04. The average molecular weight is 535 g/mol. The van der Waals surface area contributed by atoms with Crippen molar-refractivity contribution in [1.82, 2.24) is 5.32 Å². The fraction of sp³-hybridized carbons (Fsp3) is 0.400. The van der Waals surface area contributed by atoms with Crippen LogP contribution >= 0.6 is 0 Å². The molecule has 5 nitrogen and oxygen atoms in total. The van der Waals surface area contributed by atoms with Crippen LogP contribution in [0.4, 0.5) is 0 Å². The number of aliphatic hydroxyl groups is 1. The van der Waals surface area contributed by atoms with Gasteiger partial charge in [0.05, 0.1) is 39.9 Å². The molecule has 0 aromatic heterocycles. The van der Waals surface area contributed by atoms with Gasteiger partial charge < -0.3 is 10.4 Å². The van der Waals surface area contributed by atoms with Crippen LogP contribution in [0.2, 0.25) is 0 Å². The summed E-state index contributed by atoms with van der Waals surface area (Å²) in [6, 6.07) is 0. The van der Waals surface area contributed by atoms with E-state index in [-0.39, 0.29) is 16.6 Å². The molecule has 0 aliphatic carbocycles. The third-order valence-corrected chi connectivity index (χ3v) is 8.04. The van der Waals surface area contributed by atoms with Gasteiger partial charge in [0.1, 0.15) is 5.76 Å². The monoisotopic (exact) mass is 534 g/mol. The molecular formula is C35H42N4O. The van der Waals surface area contributed by atoms with Crippen LogP contribution in [0.25, 0.3) is 0 Å². The van der Waals surface area contributed by atoms with Crippen LogP contribution in [0.1, 0.15) is 82.1 Å². The Morgan fingerprint density at radius 3 is 1.88 bits per heavy atom. The largest absolute Gasteiger partial charge is 0.506 e. The van der Waals surface area contributed by atoms with Crippen LogP contribution in [0.3, 0.4) is 0 Å². The Morgan fingerprint density at radius 1 is 0.650 bits per heavy atom. The van der Waals surface area contributed by atoms with E-state index in [1.807, 2.05) is 12.2 Å². The number of rotatable bonds is 2. The van der Waals surface area contributed by atoms with Crippen LogP contribution < -0.4 is 5.32 Å². The summed E-state index contributed by atoms with van der Waals surface area (Å²) in [5.41, 5.74) is 14.2. The fourth-order valence-electron chi connectivity index (χ4n) is 6.42. The Bertz CT molecular complexity index is 1590. The molecule has 5 aliphatic rings. The van der Waals surface area contributed by atoms with Crippen LogP contribution in [0.5, 0.6) is 0 Å². The predicted molar refractivity (Wildman–Crippen MR) is 168 cm³/mol. The molecule has 0 fully saturated rings. The Labute approximate surface area is 239 Å². The molecule has 5 rings (SSSR count). The first kappa shape index (κ1) is 27.8. The SMILES string of the molecule is CCC1=C(CC)C2=NC1=CC1=NC(=CC3=C(O)C=CC(=CC4=NC(=C2)C(C(C)(C)C)=C4C)N3)C(C)=C1C(C)(C)C. The first-order valence-electron chi connectivity index (χ1n) is 14.4.